The minimum atomic E-state index is -0.752. The number of hydrogen-bond acceptors (Lipinski definition) is 4. The molecule has 22 heavy (non-hydrogen) atoms. The second-order valence-electron chi connectivity index (χ2n) is 5.72. The molecule has 6 nitrogen and oxygen atoms in total. The molecule has 1 amide bonds. The fourth-order valence-corrected chi connectivity index (χ4v) is 2.90. The maximum Gasteiger partial charge on any atom is 0.306 e. The van der Waals surface area contributed by atoms with E-state index >= 15 is 0 Å². The number of carboxylic acids is 1. The molecular weight excluding hydrogens is 286 g/mol. The summed E-state index contributed by atoms with van der Waals surface area (Å²) in [5, 5.41) is 9.04. The molecule has 0 atom stereocenters. The fourth-order valence-electron chi connectivity index (χ4n) is 2.90. The van der Waals surface area contributed by atoms with Crippen molar-refractivity contribution in [1.82, 2.24) is 4.90 Å². The highest BCUT2D eigenvalue weighted by Gasteiger charge is 2.32. The van der Waals surface area contributed by atoms with Gasteiger partial charge in [0.25, 0.3) is 0 Å². The molecule has 1 N–H and O–H groups in total. The van der Waals surface area contributed by atoms with Gasteiger partial charge in [0.15, 0.2) is 0 Å². The number of furan rings is 1. The summed E-state index contributed by atoms with van der Waals surface area (Å²) < 4.78 is 10.4. The molecule has 0 aliphatic heterocycles. The lowest BCUT2D eigenvalue weighted by Gasteiger charge is -2.30. The van der Waals surface area contributed by atoms with Crippen LogP contribution < -0.4 is 0 Å². The third-order valence-corrected chi connectivity index (χ3v) is 4.23. The number of aliphatic carboxylic acids is 1. The number of hydrogen-bond donors (Lipinski definition) is 1. The normalized spacial score (nSPS) is 21.5. The molecule has 6 heteroatoms. The van der Waals surface area contributed by atoms with Crippen LogP contribution in [0.2, 0.25) is 0 Å². The highest BCUT2D eigenvalue weighted by Crippen LogP contribution is 2.30. The van der Waals surface area contributed by atoms with E-state index in [1.807, 2.05) is 6.07 Å². The van der Waals surface area contributed by atoms with Gasteiger partial charge in [0.1, 0.15) is 5.76 Å². The standard InChI is InChI=1S/C16H23NO5/c1-21-10-8-17(11-14-3-2-9-22-14)15(18)12-4-6-13(7-5-12)16(19)20/h2-3,9,12-13H,4-8,10-11H2,1H3,(H,19,20). The third-order valence-electron chi connectivity index (χ3n) is 4.23. The van der Waals surface area contributed by atoms with E-state index in [0.717, 1.165) is 5.76 Å². The lowest BCUT2D eigenvalue weighted by Crippen LogP contribution is -2.39. The lowest BCUT2D eigenvalue weighted by molar-refractivity contribution is -0.146. The molecule has 1 saturated carbocycles. The number of methoxy groups -OCH3 is 1. The summed E-state index contributed by atoms with van der Waals surface area (Å²) in [6.45, 7) is 1.40. The smallest absolute Gasteiger partial charge is 0.306 e. The maximum atomic E-state index is 12.7. The van der Waals surface area contributed by atoms with Crippen molar-refractivity contribution in [3.8, 4) is 0 Å². The van der Waals surface area contributed by atoms with Crippen molar-refractivity contribution < 1.29 is 23.8 Å². The second kappa shape index (κ2) is 7.98. The molecule has 0 bridgehead atoms. The molecule has 1 aliphatic rings. The number of rotatable bonds is 7. The van der Waals surface area contributed by atoms with Crippen molar-refractivity contribution in [3.05, 3.63) is 24.2 Å². The zero-order valence-electron chi connectivity index (χ0n) is 12.9. The van der Waals surface area contributed by atoms with Gasteiger partial charge in [-0.15, -0.1) is 0 Å². The SMILES string of the molecule is COCCN(Cc1ccco1)C(=O)C1CCC(C(=O)O)CC1. The van der Waals surface area contributed by atoms with Crippen molar-refractivity contribution in [2.24, 2.45) is 11.8 Å². The van der Waals surface area contributed by atoms with Crippen LogP contribution >= 0.6 is 0 Å². The number of nitrogens with zero attached hydrogens (tertiary/aromatic N) is 1. The quantitative estimate of drug-likeness (QED) is 0.834. The van der Waals surface area contributed by atoms with Gasteiger partial charge >= 0.3 is 5.97 Å². The Morgan fingerprint density at radius 3 is 2.55 bits per heavy atom. The predicted octanol–water partition coefficient (Wildman–Crippen LogP) is 2.15. The largest absolute Gasteiger partial charge is 0.481 e. The first kappa shape index (κ1) is 16.5. The summed E-state index contributed by atoms with van der Waals surface area (Å²) in [4.78, 5) is 25.4. The number of carbonyl (C=O) groups is 2. The molecule has 1 aliphatic carbocycles. The summed E-state index contributed by atoms with van der Waals surface area (Å²) in [7, 11) is 1.60. The van der Waals surface area contributed by atoms with E-state index < -0.39 is 5.97 Å². The first-order valence-corrected chi connectivity index (χ1v) is 7.64. The predicted molar refractivity (Wildman–Crippen MR) is 79.1 cm³/mol. The van der Waals surface area contributed by atoms with Crippen LogP contribution in [0.5, 0.6) is 0 Å². The monoisotopic (exact) mass is 309 g/mol. The molecule has 0 saturated heterocycles. The van der Waals surface area contributed by atoms with E-state index in [1.165, 1.54) is 0 Å². The molecule has 1 fully saturated rings. The zero-order chi connectivity index (χ0) is 15.9. The second-order valence-corrected chi connectivity index (χ2v) is 5.72. The summed E-state index contributed by atoms with van der Waals surface area (Å²) in [5.41, 5.74) is 0. The van der Waals surface area contributed by atoms with Crippen LogP contribution in [-0.2, 0) is 20.9 Å². The molecule has 0 radical (unpaired) electrons. The number of carboxylic acid groups (broad SMARTS) is 1. The lowest BCUT2D eigenvalue weighted by atomic mass is 9.81. The Morgan fingerprint density at radius 2 is 2.00 bits per heavy atom. The van der Waals surface area contributed by atoms with Crippen LogP contribution in [0.1, 0.15) is 31.4 Å². The van der Waals surface area contributed by atoms with E-state index in [4.69, 9.17) is 14.3 Å². The number of carbonyl (C=O) groups excluding carboxylic acids is 1. The molecule has 122 valence electrons. The highest BCUT2D eigenvalue weighted by atomic mass is 16.5. The van der Waals surface area contributed by atoms with Gasteiger partial charge in [0, 0.05) is 19.6 Å². The van der Waals surface area contributed by atoms with E-state index in [0.29, 0.717) is 45.4 Å². The average Bonchev–Trinajstić information content (AvgIpc) is 3.04. The van der Waals surface area contributed by atoms with Crippen LogP contribution in [0.4, 0.5) is 0 Å². The highest BCUT2D eigenvalue weighted by molar-refractivity contribution is 5.79. The minimum absolute atomic E-state index is 0.0669. The summed E-state index contributed by atoms with van der Waals surface area (Å²) >= 11 is 0. The molecule has 1 aromatic rings. The van der Waals surface area contributed by atoms with Gasteiger partial charge in [0.2, 0.25) is 5.91 Å². The molecular formula is C16H23NO5. The first-order valence-electron chi connectivity index (χ1n) is 7.64. The van der Waals surface area contributed by atoms with Crippen LogP contribution in [-0.4, -0.2) is 42.1 Å². The van der Waals surface area contributed by atoms with Crippen LogP contribution in [0.25, 0.3) is 0 Å². The molecule has 1 aromatic heterocycles. The molecule has 0 unspecified atom stereocenters. The van der Waals surface area contributed by atoms with E-state index in [2.05, 4.69) is 0 Å². The van der Waals surface area contributed by atoms with E-state index in [9.17, 15) is 9.59 Å². The van der Waals surface area contributed by atoms with Crippen molar-refractivity contribution in [2.45, 2.75) is 32.2 Å². The topological polar surface area (TPSA) is 80.0 Å². The van der Waals surface area contributed by atoms with Gasteiger partial charge in [-0.05, 0) is 37.8 Å². The summed E-state index contributed by atoms with van der Waals surface area (Å²) in [6.07, 6.45) is 4.01. The maximum absolute atomic E-state index is 12.7. The van der Waals surface area contributed by atoms with Gasteiger partial charge < -0.3 is 19.2 Å². The van der Waals surface area contributed by atoms with Gasteiger partial charge in [-0.3, -0.25) is 9.59 Å². The van der Waals surface area contributed by atoms with Crippen LogP contribution in [0.15, 0.2) is 22.8 Å². The Hall–Kier alpha value is -1.82. The minimum Gasteiger partial charge on any atom is -0.481 e. The van der Waals surface area contributed by atoms with Crippen molar-refractivity contribution in [3.63, 3.8) is 0 Å². The Morgan fingerprint density at radius 1 is 1.32 bits per heavy atom. The Labute approximate surface area is 130 Å². The van der Waals surface area contributed by atoms with Gasteiger partial charge in [0.05, 0.1) is 25.3 Å². The van der Waals surface area contributed by atoms with Gasteiger partial charge in [-0.25, -0.2) is 0 Å². The number of ether oxygens (including phenoxy) is 1. The summed E-state index contributed by atoms with van der Waals surface area (Å²) in [6, 6.07) is 3.64. The van der Waals surface area contributed by atoms with E-state index in [-0.39, 0.29) is 17.7 Å². The molecule has 0 aromatic carbocycles. The average molecular weight is 309 g/mol. The Kier molecular flexibility index (Phi) is 6.00. The molecule has 1 heterocycles. The first-order chi connectivity index (χ1) is 10.6. The Balaban J connectivity index is 1.94. The number of amides is 1. The van der Waals surface area contributed by atoms with Crippen molar-refractivity contribution >= 4 is 11.9 Å². The fraction of sp³-hybridized carbons (Fsp3) is 0.625. The van der Waals surface area contributed by atoms with E-state index in [1.54, 1.807) is 24.3 Å². The Bertz CT molecular complexity index is 477. The van der Waals surface area contributed by atoms with Gasteiger partial charge in [-0.1, -0.05) is 0 Å². The molecule has 0 spiro atoms. The molecule has 2 rings (SSSR count). The third kappa shape index (κ3) is 4.34. The zero-order valence-corrected chi connectivity index (χ0v) is 12.9. The van der Waals surface area contributed by atoms with Crippen molar-refractivity contribution in [2.75, 3.05) is 20.3 Å². The van der Waals surface area contributed by atoms with Gasteiger partial charge in [-0.2, -0.15) is 0 Å². The summed E-state index contributed by atoms with van der Waals surface area (Å²) in [5.74, 6) is -0.345. The van der Waals surface area contributed by atoms with Crippen LogP contribution in [0, 0.1) is 11.8 Å². The van der Waals surface area contributed by atoms with Crippen LogP contribution in [0.3, 0.4) is 0 Å². The van der Waals surface area contributed by atoms with Crippen molar-refractivity contribution in [1.29, 1.82) is 0 Å².